The Bertz CT molecular complexity index is 266. The van der Waals surface area contributed by atoms with E-state index in [1.807, 2.05) is 0 Å². The van der Waals surface area contributed by atoms with Crippen LogP contribution in [0.3, 0.4) is 0 Å². The van der Waals surface area contributed by atoms with Crippen LogP contribution in [-0.2, 0) is 0 Å². The monoisotopic (exact) mass is 126 g/mol. The molecule has 9 heavy (non-hydrogen) atoms. The van der Waals surface area contributed by atoms with E-state index in [1.54, 1.807) is 6.92 Å². The number of rotatable bonds is 0. The maximum Gasteiger partial charge on any atom is 0.301 e. The summed E-state index contributed by atoms with van der Waals surface area (Å²) in [6.45, 7) is 1.59. The number of aromatic nitrogens is 2. The quantitative estimate of drug-likeness (QED) is 0.489. The van der Waals surface area contributed by atoms with Crippen molar-refractivity contribution in [2.24, 2.45) is 0 Å². The van der Waals surface area contributed by atoms with Crippen molar-refractivity contribution >= 4 is 0 Å². The average Bonchev–Trinajstić information content (AvgIpc) is 1.83. The molecule has 48 valence electrons. The van der Waals surface area contributed by atoms with Crippen LogP contribution in [0.1, 0.15) is 5.69 Å². The van der Waals surface area contributed by atoms with Crippen LogP contribution in [0, 0.1) is 6.92 Å². The molecule has 0 aromatic carbocycles. The van der Waals surface area contributed by atoms with Gasteiger partial charge in [-0.2, -0.15) is 0 Å². The van der Waals surface area contributed by atoms with Gasteiger partial charge >= 0.3 is 5.56 Å². The number of aryl methyl sites for hydroxylation is 1. The third kappa shape index (κ3) is 0.910. The highest BCUT2D eigenvalue weighted by Gasteiger charge is 1.92. The Hall–Kier alpha value is -1.32. The van der Waals surface area contributed by atoms with E-state index in [1.165, 1.54) is 6.20 Å². The van der Waals surface area contributed by atoms with E-state index in [4.69, 9.17) is 5.21 Å². The Morgan fingerprint density at radius 1 is 1.67 bits per heavy atom. The highest BCUT2D eigenvalue weighted by atomic mass is 16.5. The lowest BCUT2D eigenvalue weighted by molar-refractivity contribution is 0.167. The Morgan fingerprint density at radius 2 is 2.33 bits per heavy atom. The van der Waals surface area contributed by atoms with Gasteiger partial charge in [0.2, 0.25) is 0 Å². The van der Waals surface area contributed by atoms with Gasteiger partial charge in [-0.3, -0.25) is 9.78 Å². The Balaban J connectivity index is 3.43. The molecule has 1 aromatic rings. The molecule has 4 nitrogen and oxygen atoms in total. The third-order valence-corrected chi connectivity index (χ3v) is 0.989. The molecule has 0 atom stereocenters. The minimum absolute atomic E-state index is 0.433. The molecule has 0 spiro atoms. The minimum atomic E-state index is -0.505. The van der Waals surface area contributed by atoms with E-state index in [9.17, 15) is 4.79 Å². The average molecular weight is 126 g/mol. The van der Waals surface area contributed by atoms with Crippen LogP contribution in [0.15, 0.2) is 17.2 Å². The zero-order valence-electron chi connectivity index (χ0n) is 4.90. The van der Waals surface area contributed by atoms with Crippen molar-refractivity contribution in [3.05, 3.63) is 28.4 Å². The second-order valence-electron chi connectivity index (χ2n) is 1.70. The van der Waals surface area contributed by atoms with Crippen LogP contribution in [0.25, 0.3) is 0 Å². The van der Waals surface area contributed by atoms with Crippen LogP contribution in [0.2, 0.25) is 0 Å². The fourth-order valence-electron chi connectivity index (χ4n) is 0.492. The predicted molar refractivity (Wildman–Crippen MR) is 30.4 cm³/mol. The second kappa shape index (κ2) is 1.89. The molecule has 1 aromatic heterocycles. The smallest absolute Gasteiger partial charge is 0.301 e. The molecular weight excluding hydrogens is 120 g/mol. The number of nitrogens with zero attached hydrogens (tertiary/aromatic N) is 2. The van der Waals surface area contributed by atoms with Gasteiger partial charge in [0.15, 0.2) is 0 Å². The molecule has 4 heteroatoms. The summed E-state index contributed by atoms with van der Waals surface area (Å²) >= 11 is 0. The van der Waals surface area contributed by atoms with Gasteiger partial charge in [-0.1, -0.05) is 0 Å². The van der Waals surface area contributed by atoms with Crippen molar-refractivity contribution in [2.45, 2.75) is 6.92 Å². The van der Waals surface area contributed by atoms with E-state index in [-0.39, 0.29) is 0 Å². The van der Waals surface area contributed by atoms with E-state index in [0.29, 0.717) is 10.4 Å². The van der Waals surface area contributed by atoms with Crippen molar-refractivity contribution in [1.29, 1.82) is 0 Å². The Kier molecular flexibility index (Phi) is 1.22. The molecule has 0 aliphatic carbocycles. The lowest BCUT2D eigenvalue weighted by atomic mass is 10.5. The van der Waals surface area contributed by atoms with Gasteiger partial charge < -0.3 is 5.21 Å². The zero-order valence-corrected chi connectivity index (χ0v) is 4.90. The first kappa shape index (κ1) is 5.81. The standard InChI is InChI=1S/C5H6N2O2/c1-4-2-6-3-5(8)7(4)9/h2-3,9H,1H3. The van der Waals surface area contributed by atoms with Crippen LogP contribution in [0.4, 0.5) is 0 Å². The van der Waals surface area contributed by atoms with Gasteiger partial charge in [0.1, 0.15) is 0 Å². The van der Waals surface area contributed by atoms with Crippen molar-refractivity contribution in [1.82, 2.24) is 9.71 Å². The van der Waals surface area contributed by atoms with Crippen LogP contribution in [-0.4, -0.2) is 14.9 Å². The van der Waals surface area contributed by atoms with Crippen molar-refractivity contribution in [3.63, 3.8) is 0 Å². The van der Waals surface area contributed by atoms with Gasteiger partial charge in [-0.05, 0) is 6.92 Å². The zero-order chi connectivity index (χ0) is 6.85. The topological polar surface area (TPSA) is 55.1 Å². The van der Waals surface area contributed by atoms with Gasteiger partial charge in [-0.25, -0.2) is 0 Å². The second-order valence-corrected chi connectivity index (χ2v) is 1.70. The summed E-state index contributed by atoms with van der Waals surface area (Å²) in [4.78, 5) is 14.0. The predicted octanol–water partition coefficient (Wildman–Crippen LogP) is -0.211. The largest absolute Gasteiger partial charge is 0.425 e. The number of hydrogen-bond acceptors (Lipinski definition) is 3. The molecule has 0 aliphatic rings. The molecule has 0 amide bonds. The summed E-state index contributed by atoms with van der Waals surface area (Å²) in [7, 11) is 0. The fourth-order valence-corrected chi connectivity index (χ4v) is 0.492. The van der Waals surface area contributed by atoms with Gasteiger partial charge in [0.25, 0.3) is 0 Å². The van der Waals surface area contributed by atoms with E-state index in [2.05, 4.69) is 4.98 Å². The molecule has 0 unspecified atom stereocenters. The SMILES string of the molecule is Cc1cncc(=O)n1O. The maximum atomic E-state index is 10.5. The van der Waals surface area contributed by atoms with Crippen LogP contribution in [0.5, 0.6) is 0 Å². The van der Waals surface area contributed by atoms with Crippen LogP contribution >= 0.6 is 0 Å². The van der Waals surface area contributed by atoms with E-state index >= 15 is 0 Å². The molecule has 0 aliphatic heterocycles. The highest BCUT2D eigenvalue weighted by Crippen LogP contribution is 1.83. The fraction of sp³-hybridized carbons (Fsp3) is 0.200. The molecule has 1 N–H and O–H groups in total. The summed E-state index contributed by atoms with van der Waals surface area (Å²) in [5.74, 6) is 0. The summed E-state index contributed by atoms with van der Waals surface area (Å²) < 4.78 is 0.549. The molecule has 0 saturated heterocycles. The molecule has 0 bridgehead atoms. The minimum Gasteiger partial charge on any atom is -0.425 e. The number of hydrogen-bond donors (Lipinski definition) is 1. The first-order valence-corrected chi connectivity index (χ1v) is 2.45. The highest BCUT2D eigenvalue weighted by molar-refractivity contribution is 4.91. The van der Waals surface area contributed by atoms with Crippen LogP contribution < -0.4 is 5.56 Å². The molecule has 1 rings (SSSR count). The van der Waals surface area contributed by atoms with Gasteiger partial charge in [0, 0.05) is 6.20 Å². The normalized spacial score (nSPS) is 9.44. The van der Waals surface area contributed by atoms with Crippen molar-refractivity contribution in [3.8, 4) is 0 Å². The molecule has 0 saturated carbocycles. The summed E-state index contributed by atoms with van der Waals surface area (Å²) in [6, 6.07) is 0. The van der Waals surface area contributed by atoms with Gasteiger partial charge in [0.05, 0.1) is 11.9 Å². The van der Waals surface area contributed by atoms with Crippen molar-refractivity contribution < 1.29 is 5.21 Å². The molecular formula is C5H6N2O2. The summed E-state index contributed by atoms with van der Waals surface area (Å²) in [6.07, 6.45) is 2.45. The first-order chi connectivity index (χ1) is 4.22. The van der Waals surface area contributed by atoms with Gasteiger partial charge in [-0.15, -0.1) is 4.73 Å². The molecule has 1 heterocycles. The summed E-state index contributed by atoms with van der Waals surface area (Å²) in [5.41, 5.74) is -0.0718. The lowest BCUT2D eigenvalue weighted by Crippen LogP contribution is -2.18. The lowest BCUT2D eigenvalue weighted by Gasteiger charge is -1.95. The van der Waals surface area contributed by atoms with E-state index < -0.39 is 5.56 Å². The Morgan fingerprint density at radius 3 is 2.78 bits per heavy atom. The maximum absolute atomic E-state index is 10.5. The molecule has 0 fully saturated rings. The summed E-state index contributed by atoms with van der Waals surface area (Å²) in [5, 5.41) is 8.77. The third-order valence-electron chi connectivity index (χ3n) is 0.989. The van der Waals surface area contributed by atoms with Crippen molar-refractivity contribution in [2.75, 3.05) is 0 Å². The van der Waals surface area contributed by atoms with E-state index in [0.717, 1.165) is 6.20 Å². The molecule has 0 radical (unpaired) electrons. The first-order valence-electron chi connectivity index (χ1n) is 2.45. The Labute approximate surface area is 51.4 Å².